The maximum Gasteiger partial charge on any atom is 0.320 e. The van der Waals surface area contributed by atoms with Crippen LogP contribution in [0.4, 0.5) is 10.6 Å². The Morgan fingerprint density at radius 2 is 2.32 bits per heavy atom. The molecule has 5 nitrogen and oxygen atoms in total. The van der Waals surface area contributed by atoms with Gasteiger partial charge in [0.1, 0.15) is 5.82 Å². The van der Waals surface area contributed by atoms with Crippen molar-refractivity contribution in [3.05, 3.63) is 46.3 Å². The Hall–Kier alpha value is -1.92. The predicted molar refractivity (Wildman–Crippen MR) is 75.3 cm³/mol. The average Bonchev–Trinajstić information content (AvgIpc) is 2.93. The van der Waals surface area contributed by atoms with Gasteiger partial charge in [0, 0.05) is 12.7 Å². The Labute approximate surface area is 115 Å². The summed E-state index contributed by atoms with van der Waals surface area (Å²) in [4.78, 5) is 15.7. The summed E-state index contributed by atoms with van der Waals surface area (Å²) in [5.41, 5.74) is 1.83. The second kappa shape index (κ2) is 6.31. The zero-order valence-corrected chi connectivity index (χ0v) is 11.3. The lowest BCUT2D eigenvalue weighted by atomic mass is 10.2. The largest absolute Gasteiger partial charge is 0.387 e. The van der Waals surface area contributed by atoms with E-state index in [1.807, 2.05) is 29.8 Å². The number of aliphatic hydroxyl groups is 1. The quantitative estimate of drug-likeness (QED) is 0.803. The highest BCUT2D eigenvalue weighted by Gasteiger charge is 2.09. The van der Waals surface area contributed by atoms with Crippen molar-refractivity contribution in [1.29, 1.82) is 0 Å². The molecule has 2 aromatic heterocycles. The van der Waals surface area contributed by atoms with E-state index in [4.69, 9.17) is 0 Å². The lowest BCUT2D eigenvalue weighted by molar-refractivity contribution is 0.175. The van der Waals surface area contributed by atoms with Crippen molar-refractivity contribution in [2.45, 2.75) is 13.0 Å². The summed E-state index contributed by atoms with van der Waals surface area (Å²) < 4.78 is 0. The fourth-order valence-electron chi connectivity index (χ4n) is 1.47. The summed E-state index contributed by atoms with van der Waals surface area (Å²) >= 11 is 1.51. The SMILES string of the molecule is Cc1ccc(NC(=O)NC[C@@H](O)c2ccsc2)nc1. The fourth-order valence-corrected chi connectivity index (χ4v) is 2.18. The molecule has 0 unspecified atom stereocenters. The number of aliphatic hydroxyl groups excluding tert-OH is 1. The van der Waals surface area contributed by atoms with Crippen molar-refractivity contribution < 1.29 is 9.90 Å². The van der Waals surface area contributed by atoms with Gasteiger partial charge in [-0.3, -0.25) is 5.32 Å². The molecule has 0 fully saturated rings. The van der Waals surface area contributed by atoms with E-state index in [1.165, 1.54) is 11.3 Å². The molecule has 0 aliphatic rings. The highest BCUT2D eigenvalue weighted by molar-refractivity contribution is 7.07. The van der Waals surface area contributed by atoms with Crippen LogP contribution in [0.5, 0.6) is 0 Å². The van der Waals surface area contributed by atoms with E-state index >= 15 is 0 Å². The van der Waals surface area contributed by atoms with Crippen molar-refractivity contribution in [3.63, 3.8) is 0 Å². The second-order valence-corrected chi connectivity index (χ2v) is 4.91. The van der Waals surface area contributed by atoms with Gasteiger partial charge < -0.3 is 10.4 Å². The zero-order chi connectivity index (χ0) is 13.7. The van der Waals surface area contributed by atoms with Crippen LogP contribution < -0.4 is 10.6 Å². The van der Waals surface area contributed by atoms with E-state index in [2.05, 4.69) is 15.6 Å². The van der Waals surface area contributed by atoms with E-state index in [1.54, 1.807) is 12.3 Å². The molecular formula is C13H15N3O2S. The van der Waals surface area contributed by atoms with Crippen LogP contribution in [-0.4, -0.2) is 22.7 Å². The van der Waals surface area contributed by atoms with E-state index in [0.717, 1.165) is 11.1 Å². The molecule has 0 aliphatic carbocycles. The van der Waals surface area contributed by atoms with Gasteiger partial charge in [0.05, 0.1) is 6.10 Å². The first-order valence-electron chi connectivity index (χ1n) is 5.83. The first-order valence-corrected chi connectivity index (χ1v) is 6.77. The van der Waals surface area contributed by atoms with Crippen LogP contribution in [0.15, 0.2) is 35.2 Å². The lowest BCUT2D eigenvalue weighted by Crippen LogP contribution is -2.32. The third-order valence-electron chi connectivity index (χ3n) is 2.54. The third-order valence-corrected chi connectivity index (χ3v) is 3.24. The smallest absolute Gasteiger partial charge is 0.320 e. The molecule has 0 radical (unpaired) electrons. The number of carbonyl (C=O) groups is 1. The zero-order valence-electron chi connectivity index (χ0n) is 10.5. The number of aryl methyl sites for hydroxylation is 1. The normalized spacial score (nSPS) is 11.9. The van der Waals surface area contributed by atoms with Gasteiger partial charge in [0.2, 0.25) is 0 Å². The van der Waals surface area contributed by atoms with Crippen LogP contribution in [-0.2, 0) is 0 Å². The Balaban J connectivity index is 1.80. The number of nitrogens with one attached hydrogen (secondary N) is 2. The van der Waals surface area contributed by atoms with Crippen molar-refractivity contribution in [2.75, 3.05) is 11.9 Å². The minimum Gasteiger partial charge on any atom is -0.387 e. The van der Waals surface area contributed by atoms with Crippen molar-refractivity contribution >= 4 is 23.2 Å². The number of rotatable bonds is 4. The number of anilines is 1. The lowest BCUT2D eigenvalue weighted by Gasteiger charge is -2.11. The number of aromatic nitrogens is 1. The van der Waals surface area contributed by atoms with Crippen LogP contribution in [0.1, 0.15) is 17.2 Å². The number of pyridine rings is 1. The standard InChI is InChI=1S/C13H15N3O2S/c1-9-2-3-12(14-6-9)16-13(18)15-7-11(17)10-4-5-19-8-10/h2-6,8,11,17H,7H2,1H3,(H2,14,15,16,18)/t11-/m1/s1. The van der Waals surface area contributed by atoms with Crippen molar-refractivity contribution in [3.8, 4) is 0 Å². The van der Waals surface area contributed by atoms with Gasteiger partial charge in [-0.05, 0) is 40.9 Å². The number of carbonyl (C=O) groups excluding carboxylic acids is 1. The molecule has 0 spiro atoms. The molecular weight excluding hydrogens is 262 g/mol. The molecule has 0 saturated carbocycles. The molecule has 100 valence electrons. The van der Waals surface area contributed by atoms with Crippen LogP contribution in [0.3, 0.4) is 0 Å². The van der Waals surface area contributed by atoms with E-state index in [9.17, 15) is 9.90 Å². The molecule has 3 N–H and O–H groups in total. The first kappa shape index (κ1) is 13.5. The molecule has 2 heterocycles. The molecule has 19 heavy (non-hydrogen) atoms. The first-order chi connectivity index (χ1) is 9.15. The van der Waals surface area contributed by atoms with Crippen LogP contribution in [0.25, 0.3) is 0 Å². The molecule has 0 aliphatic heterocycles. The second-order valence-electron chi connectivity index (χ2n) is 4.13. The monoisotopic (exact) mass is 277 g/mol. The van der Waals surface area contributed by atoms with Gasteiger partial charge in [-0.2, -0.15) is 11.3 Å². The summed E-state index contributed by atoms with van der Waals surface area (Å²) in [7, 11) is 0. The molecule has 2 rings (SSSR count). The van der Waals surface area contributed by atoms with Gasteiger partial charge in [0.25, 0.3) is 0 Å². The summed E-state index contributed by atoms with van der Waals surface area (Å²) in [6.07, 6.45) is 0.985. The van der Waals surface area contributed by atoms with Crippen LogP contribution in [0.2, 0.25) is 0 Å². The van der Waals surface area contributed by atoms with Crippen LogP contribution in [0, 0.1) is 6.92 Å². The van der Waals surface area contributed by atoms with E-state index in [0.29, 0.717) is 5.82 Å². The molecule has 1 atom stereocenters. The van der Waals surface area contributed by atoms with Gasteiger partial charge in [-0.25, -0.2) is 9.78 Å². The fraction of sp³-hybridized carbons (Fsp3) is 0.231. The predicted octanol–water partition coefficient (Wildman–Crippen LogP) is 2.31. The number of hydrogen-bond acceptors (Lipinski definition) is 4. The van der Waals surface area contributed by atoms with E-state index in [-0.39, 0.29) is 12.6 Å². The molecule has 6 heteroatoms. The van der Waals surface area contributed by atoms with Crippen molar-refractivity contribution in [1.82, 2.24) is 10.3 Å². The maximum atomic E-state index is 11.6. The Kier molecular flexibility index (Phi) is 4.48. The third kappa shape index (κ3) is 4.04. The minimum atomic E-state index is -0.692. The summed E-state index contributed by atoms with van der Waals surface area (Å²) in [5.74, 6) is 0.480. The van der Waals surface area contributed by atoms with Gasteiger partial charge in [-0.15, -0.1) is 0 Å². The summed E-state index contributed by atoms with van der Waals surface area (Å²) in [5, 5.41) is 18.7. The number of hydrogen-bond donors (Lipinski definition) is 3. The van der Waals surface area contributed by atoms with Crippen molar-refractivity contribution in [2.24, 2.45) is 0 Å². The highest BCUT2D eigenvalue weighted by atomic mass is 32.1. The van der Waals surface area contributed by atoms with Gasteiger partial charge >= 0.3 is 6.03 Å². The summed E-state index contributed by atoms with van der Waals surface area (Å²) in [6.45, 7) is 2.09. The Morgan fingerprint density at radius 3 is 2.95 bits per heavy atom. The van der Waals surface area contributed by atoms with E-state index < -0.39 is 6.10 Å². The Bertz CT molecular complexity index is 525. The number of nitrogens with zero attached hydrogens (tertiary/aromatic N) is 1. The molecule has 2 amide bonds. The average molecular weight is 277 g/mol. The molecule has 0 bridgehead atoms. The minimum absolute atomic E-state index is 0.161. The number of urea groups is 1. The van der Waals surface area contributed by atoms with Gasteiger partial charge in [0.15, 0.2) is 0 Å². The number of thiophene rings is 1. The Morgan fingerprint density at radius 1 is 1.47 bits per heavy atom. The highest BCUT2D eigenvalue weighted by Crippen LogP contribution is 2.15. The molecule has 0 saturated heterocycles. The summed E-state index contributed by atoms with van der Waals surface area (Å²) in [6, 6.07) is 5.04. The molecule has 0 aromatic carbocycles. The van der Waals surface area contributed by atoms with Gasteiger partial charge in [-0.1, -0.05) is 6.07 Å². The maximum absolute atomic E-state index is 11.6. The number of amides is 2. The van der Waals surface area contributed by atoms with Crippen LogP contribution >= 0.6 is 11.3 Å². The topological polar surface area (TPSA) is 74.2 Å². The molecule has 2 aromatic rings.